The van der Waals surface area contributed by atoms with E-state index < -0.39 is 5.41 Å². The van der Waals surface area contributed by atoms with Gasteiger partial charge in [0, 0.05) is 17.2 Å². The van der Waals surface area contributed by atoms with Crippen LogP contribution >= 0.6 is 12.2 Å². The van der Waals surface area contributed by atoms with Crippen LogP contribution in [0.3, 0.4) is 0 Å². The van der Waals surface area contributed by atoms with Gasteiger partial charge in [0.25, 0.3) is 0 Å². The van der Waals surface area contributed by atoms with Crippen LogP contribution in [-0.4, -0.2) is 23.2 Å². The molecule has 0 saturated heterocycles. The lowest BCUT2D eigenvalue weighted by atomic mass is 9.96. The van der Waals surface area contributed by atoms with Crippen molar-refractivity contribution < 1.29 is 19.1 Å². The van der Waals surface area contributed by atoms with Crippen molar-refractivity contribution in [2.45, 2.75) is 27.4 Å². The number of aliphatic hydroxyl groups is 1. The molecule has 0 spiro atoms. The van der Waals surface area contributed by atoms with Crippen LogP contribution in [0.15, 0.2) is 34.7 Å². The number of anilines is 1. The summed E-state index contributed by atoms with van der Waals surface area (Å²) in [7, 11) is 1.55. The Labute approximate surface area is 152 Å². The van der Waals surface area contributed by atoms with E-state index in [9.17, 15) is 4.79 Å². The van der Waals surface area contributed by atoms with Crippen LogP contribution in [0.4, 0.5) is 5.69 Å². The van der Waals surface area contributed by atoms with Crippen molar-refractivity contribution in [3.8, 4) is 17.1 Å². The predicted molar refractivity (Wildman–Crippen MR) is 100 cm³/mol. The van der Waals surface area contributed by atoms with Crippen LogP contribution in [0.25, 0.3) is 11.3 Å². The molecule has 1 aromatic carbocycles. The van der Waals surface area contributed by atoms with E-state index in [0.717, 1.165) is 5.56 Å². The Hall–Kier alpha value is -2.38. The summed E-state index contributed by atoms with van der Waals surface area (Å²) in [5.74, 6) is 1.48. The zero-order chi connectivity index (χ0) is 18.6. The lowest BCUT2D eigenvalue weighted by molar-refractivity contribution is -0.126. The lowest BCUT2D eigenvalue weighted by Crippen LogP contribution is -2.41. The number of thiocarbonyl (C=S) groups is 1. The number of ether oxygens (including phenoxy) is 1. The molecule has 1 aromatic heterocycles. The average Bonchev–Trinajstić information content (AvgIpc) is 3.02. The fraction of sp³-hybridized carbons (Fsp3) is 0.333. The number of aliphatic hydroxyl groups excluding tert-OH is 1. The van der Waals surface area contributed by atoms with E-state index in [4.69, 9.17) is 26.5 Å². The van der Waals surface area contributed by atoms with Crippen LogP contribution in [0.5, 0.6) is 5.75 Å². The van der Waals surface area contributed by atoms with Crippen LogP contribution in [0.2, 0.25) is 0 Å². The van der Waals surface area contributed by atoms with E-state index in [0.29, 0.717) is 23.0 Å². The number of methoxy groups -OCH3 is 1. The van der Waals surface area contributed by atoms with E-state index in [2.05, 4.69) is 10.6 Å². The summed E-state index contributed by atoms with van der Waals surface area (Å²) in [6.45, 7) is 5.27. The van der Waals surface area contributed by atoms with E-state index in [1.807, 2.05) is 26.8 Å². The zero-order valence-corrected chi connectivity index (χ0v) is 15.5. The first-order chi connectivity index (χ1) is 11.7. The van der Waals surface area contributed by atoms with E-state index in [1.54, 1.807) is 31.4 Å². The highest BCUT2D eigenvalue weighted by molar-refractivity contribution is 7.80. The molecule has 1 amide bonds. The second-order valence-electron chi connectivity index (χ2n) is 6.50. The highest BCUT2D eigenvalue weighted by Crippen LogP contribution is 2.33. The smallest absolute Gasteiger partial charge is 0.231 e. The number of carbonyl (C=O) groups excluding carboxylic acids is 1. The van der Waals surface area contributed by atoms with Gasteiger partial charge < -0.3 is 24.9 Å². The molecule has 0 aliphatic carbocycles. The summed E-state index contributed by atoms with van der Waals surface area (Å²) in [5, 5.41) is 15.0. The summed E-state index contributed by atoms with van der Waals surface area (Å²) >= 11 is 5.18. The van der Waals surface area contributed by atoms with Crippen LogP contribution < -0.4 is 15.4 Å². The van der Waals surface area contributed by atoms with Gasteiger partial charge in [0.05, 0.1) is 12.7 Å². The molecule has 7 heteroatoms. The molecule has 0 saturated carbocycles. The van der Waals surface area contributed by atoms with Crippen LogP contribution in [0.1, 0.15) is 26.5 Å². The van der Waals surface area contributed by atoms with Crippen molar-refractivity contribution in [2.24, 2.45) is 5.41 Å². The summed E-state index contributed by atoms with van der Waals surface area (Å²) in [5.41, 5.74) is 0.892. The van der Waals surface area contributed by atoms with Gasteiger partial charge in [-0.25, -0.2) is 0 Å². The molecule has 2 rings (SSSR count). The Bertz CT molecular complexity index is 778. The molecule has 0 aliphatic rings. The quantitative estimate of drug-likeness (QED) is 0.724. The number of amides is 1. The molecule has 0 radical (unpaired) electrons. The number of hydrogen-bond donors (Lipinski definition) is 3. The number of rotatable bonds is 4. The number of furan rings is 1. The van der Waals surface area contributed by atoms with Gasteiger partial charge in [-0.3, -0.25) is 4.79 Å². The van der Waals surface area contributed by atoms with Crippen molar-refractivity contribution in [2.75, 3.05) is 12.4 Å². The fourth-order valence-corrected chi connectivity index (χ4v) is 2.24. The first-order valence-corrected chi connectivity index (χ1v) is 8.16. The Kier molecular flexibility index (Phi) is 5.81. The van der Waals surface area contributed by atoms with Crippen LogP contribution in [0, 0.1) is 5.41 Å². The molecule has 0 unspecified atom stereocenters. The topological polar surface area (TPSA) is 83.7 Å². The maximum absolute atomic E-state index is 12.0. The van der Waals surface area contributed by atoms with Gasteiger partial charge >= 0.3 is 0 Å². The Morgan fingerprint density at radius 3 is 2.56 bits per heavy atom. The summed E-state index contributed by atoms with van der Waals surface area (Å²) in [6, 6.07) is 8.85. The predicted octanol–water partition coefficient (Wildman–Crippen LogP) is 3.31. The standard InChI is InChI=1S/C18H22N2O4S/c1-18(2,3)16(22)20-17(25)19-11-5-7-13(15(9-11)23-4)14-8-6-12(10-21)24-14/h5-9,21H,10H2,1-4H3,(H2,19,20,22,25). The largest absolute Gasteiger partial charge is 0.496 e. The summed E-state index contributed by atoms with van der Waals surface area (Å²) < 4.78 is 10.9. The Morgan fingerprint density at radius 1 is 1.28 bits per heavy atom. The molecule has 134 valence electrons. The van der Waals surface area contributed by atoms with Crippen molar-refractivity contribution in [3.05, 3.63) is 36.1 Å². The molecule has 25 heavy (non-hydrogen) atoms. The second-order valence-corrected chi connectivity index (χ2v) is 6.91. The molecule has 0 bridgehead atoms. The van der Waals surface area contributed by atoms with Gasteiger partial charge in [0.1, 0.15) is 23.9 Å². The van der Waals surface area contributed by atoms with Gasteiger partial charge in [-0.15, -0.1) is 0 Å². The van der Waals surface area contributed by atoms with Crippen molar-refractivity contribution in [1.29, 1.82) is 0 Å². The maximum Gasteiger partial charge on any atom is 0.231 e. The SMILES string of the molecule is COc1cc(NC(=S)NC(=O)C(C)(C)C)ccc1-c1ccc(CO)o1. The van der Waals surface area contributed by atoms with Gasteiger partial charge in [0.2, 0.25) is 5.91 Å². The van der Waals surface area contributed by atoms with Gasteiger partial charge in [-0.2, -0.15) is 0 Å². The lowest BCUT2D eigenvalue weighted by Gasteiger charge is -2.19. The van der Waals surface area contributed by atoms with Gasteiger partial charge in [0.15, 0.2) is 5.11 Å². The van der Waals surface area contributed by atoms with Gasteiger partial charge in [-0.1, -0.05) is 20.8 Å². The zero-order valence-electron chi connectivity index (χ0n) is 14.7. The van der Waals surface area contributed by atoms with Crippen molar-refractivity contribution in [3.63, 3.8) is 0 Å². The highest BCUT2D eigenvalue weighted by Gasteiger charge is 2.22. The van der Waals surface area contributed by atoms with Crippen molar-refractivity contribution >= 4 is 28.9 Å². The minimum Gasteiger partial charge on any atom is -0.496 e. The molecular formula is C18H22N2O4S. The Balaban J connectivity index is 2.16. The molecular weight excluding hydrogens is 340 g/mol. The van der Waals surface area contributed by atoms with E-state index in [1.165, 1.54) is 0 Å². The minimum atomic E-state index is -0.531. The monoisotopic (exact) mass is 362 g/mol. The molecule has 1 heterocycles. The third-order valence-corrected chi connectivity index (χ3v) is 3.65. The van der Waals surface area contributed by atoms with E-state index in [-0.39, 0.29) is 17.6 Å². The third-order valence-electron chi connectivity index (χ3n) is 3.45. The van der Waals surface area contributed by atoms with Gasteiger partial charge in [-0.05, 0) is 36.5 Å². The Morgan fingerprint density at radius 2 is 2.00 bits per heavy atom. The third kappa shape index (κ3) is 4.80. The second kappa shape index (κ2) is 7.67. The summed E-state index contributed by atoms with van der Waals surface area (Å²) in [4.78, 5) is 12.0. The number of nitrogens with one attached hydrogen (secondary N) is 2. The first-order valence-electron chi connectivity index (χ1n) is 7.75. The highest BCUT2D eigenvalue weighted by atomic mass is 32.1. The molecule has 0 fully saturated rings. The first kappa shape index (κ1) is 19.0. The molecule has 0 aliphatic heterocycles. The number of carbonyl (C=O) groups is 1. The fourth-order valence-electron chi connectivity index (χ4n) is 2.03. The van der Waals surface area contributed by atoms with E-state index >= 15 is 0 Å². The molecule has 3 N–H and O–H groups in total. The molecule has 0 atom stereocenters. The number of benzene rings is 1. The maximum atomic E-state index is 12.0. The minimum absolute atomic E-state index is 0.163. The summed E-state index contributed by atoms with van der Waals surface area (Å²) in [6.07, 6.45) is 0. The average molecular weight is 362 g/mol. The normalized spacial score (nSPS) is 11.1. The molecule has 2 aromatic rings. The van der Waals surface area contributed by atoms with Crippen molar-refractivity contribution in [1.82, 2.24) is 5.32 Å². The molecule has 6 nitrogen and oxygen atoms in total. The number of hydrogen-bond acceptors (Lipinski definition) is 5. The van der Waals surface area contributed by atoms with Crippen LogP contribution in [-0.2, 0) is 11.4 Å².